The number of hydrogen-bond acceptors (Lipinski definition) is 3. The highest BCUT2D eigenvalue weighted by atomic mass is 16.5. The quantitative estimate of drug-likeness (QED) is 0.351. The van der Waals surface area contributed by atoms with Crippen molar-refractivity contribution in [2.75, 3.05) is 13.2 Å². The lowest BCUT2D eigenvalue weighted by molar-refractivity contribution is -0.131. The molecule has 78 valence electrons. The highest BCUT2D eigenvalue weighted by Gasteiger charge is 1.95. The van der Waals surface area contributed by atoms with Gasteiger partial charge in [-0.1, -0.05) is 6.58 Å². The second-order valence-electron chi connectivity index (χ2n) is 2.35. The van der Waals surface area contributed by atoms with Crippen LogP contribution in [0, 0.1) is 0 Å². The zero-order valence-corrected chi connectivity index (χ0v) is 7.73. The smallest absolute Gasteiger partial charge is 0.328 e. The first-order chi connectivity index (χ1) is 6.66. The molecule has 0 rings (SSSR count). The Bertz CT molecular complexity index is 235. The van der Waals surface area contributed by atoms with Crippen LogP contribution in [0.4, 0.5) is 0 Å². The van der Waals surface area contributed by atoms with Gasteiger partial charge in [-0.2, -0.15) is 0 Å². The van der Waals surface area contributed by atoms with Crippen LogP contribution in [0.15, 0.2) is 25.0 Å². The number of carboxylic acid groups (broad SMARTS) is 1. The van der Waals surface area contributed by atoms with Crippen LogP contribution < -0.4 is 5.32 Å². The van der Waals surface area contributed by atoms with E-state index in [0.717, 1.165) is 12.2 Å². The summed E-state index contributed by atoms with van der Waals surface area (Å²) in [6.45, 7) is 4.28. The molecule has 0 saturated carbocycles. The lowest BCUT2D eigenvalue weighted by Gasteiger charge is -2.01. The summed E-state index contributed by atoms with van der Waals surface area (Å²) in [5, 5.41) is 10.7. The average Bonchev–Trinajstić information content (AvgIpc) is 2.14. The molecule has 0 spiro atoms. The van der Waals surface area contributed by atoms with E-state index in [9.17, 15) is 9.59 Å². The van der Waals surface area contributed by atoms with Gasteiger partial charge in [-0.25, -0.2) is 4.79 Å². The molecule has 0 aliphatic carbocycles. The Morgan fingerprint density at radius 1 is 1.43 bits per heavy atom. The lowest BCUT2D eigenvalue weighted by Crippen LogP contribution is -2.23. The zero-order valence-electron chi connectivity index (χ0n) is 7.73. The molecule has 0 saturated heterocycles. The van der Waals surface area contributed by atoms with Crippen LogP contribution in [0.2, 0.25) is 0 Å². The Morgan fingerprint density at radius 2 is 2.14 bits per heavy atom. The van der Waals surface area contributed by atoms with Crippen LogP contribution >= 0.6 is 0 Å². The van der Waals surface area contributed by atoms with E-state index in [1.54, 1.807) is 0 Å². The van der Waals surface area contributed by atoms with Crippen molar-refractivity contribution in [2.45, 2.75) is 6.42 Å². The number of rotatable bonds is 7. The maximum Gasteiger partial charge on any atom is 0.328 e. The van der Waals surface area contributed by atoms with E-state index < -0.39 is 11.9 Å². The van der Waals surface area contributed by atoms with Crippen LogP contribution in [0.25, 0.3) is 0 Å². The van der Waals surface area contributed by atoms with Crippen molar-refractivity contribution in [1.29, 1.82) is 0 Å². The van der Waals surface area contributed by atoms with Gasteiger partial charge in [0.25, 0.3) is 0 Å². The number of nitrogens with one attached hydrogen (secondary N) is 1. The first kappa shape index (κ1) is 12.2. The number of ether oxygens (including phenoxy) is 1. The predicted molar refractivity (Wildman–Crippen MR) is 50.6 cm³/mol. The van der Waals surface area contributed by atoms with Gasteiger partial charge < -0.3 is 15.2 Å². The van der Waals surface area contributed by atoms with Crippen molar-refractivity contribution in [3.8, 4) is 0 Å². The van der Waals surface area contributed by atoms with Crippen molar-refractivity contribution in [2.24, 2.45) is 0 Å². The van der Waals surface area contributed by atoms with Gasteiger partial charge in [0.2, 0.25) is 5.91 Å². The van der Waals surface area contributed by atoms with Gasteiger partial charge in [-0.3, -0.25) is 4.79 Å². The third-order valence-electron chi connectivity index (χ3n) is 1.23. The molecule has 14 heavy (non-hydrogen) atoms. The van der Waals surface area contributed by atoms with Crippen LogP contribution in [0.1, 0.15) is 6.42 Å². The fourth-order valence-electron chi connectivity index (χ4n) is 0.656. The molecule has 5 heteroatoms. The average molecular weight is 199 g/mol. The summed E-state index contributed by atoms with van der Waals surface area (Å²) in [4.78, 5) is 20.9. The summed E-state index contributed by atoms with van der Waals surface area (Å²) in [7, 11) is 0. The SMILES string of the molecule is C=COCCCNC(=O)/C=C/C(=O)O. The lowest BCUT2D eigenvalue weighted by atomic mass is 10.4. The summed E-state index contributed by atoms with van der Waals surface area (Å²) < 4.78 is 4.81. The van der Waals surface area contributed by atoms with Crippen LogP contribution in [-0.2, 0) is 14.3 Å². The van der Waals surface area contributed by atoms with Gasteiger partial charge in [0.1, 0.15) is 0 Å². The number of carboxylic acids is 1. The molecule has 0 bridgehead atoms. The molecule has 0 aromatic heterocycles. The minimum atomic E-state index is -1.14. The first-order valence-corrected chi connectivity index (χ1v) is 4.08. The van der Waals surface area contributed by atoms with E-state index >= 15 is 0 Å². The number of carbonyl (C=O) groups excluding carboxylic acids is 1. The first-order valence-electron chi connectivity index (χ1n) is 4.08. The maximum atomic E-state index is 10.9. The monoisotopic (exact) mass is 199 g/mol. The topological polar surface area (TPSA) is 75.6 Å². The number of carbonyl (C=O) groups is 2. The largest absolute Gasteiger partial charge is 0.502 e. The molecule has 0 aromatic rings. The van der Waals surface area contributed by atoms with Crippen LogP contribution in [-0.4, -0.2) is 30.1 Å². The van der Waals surface area contributed by atoms with Crippen molar-refractivity contribution in [3.63, 3.8) is 0 Å². The van der Waals surface area contributed by atoms with Crippen molar-refractivity contribution in [1.82, 2.24) is 5.32 Å². The van der Waals surface area contributed by atoms with Gasteiger partial charge in [-0.05, 0) is 6.42 Å². The van der Waals surface area contributed by atoms with Gasteiger partial charge in [0.05, 0.1) is 12.9 Å². The molecule has 0 fully saturated rings. The third-order valence-corrected chi connectivity index (χ3v) is 1.23. The Kier molecular flexibility index (Phi) is 6.85. The fourth-order valence-corrected chi connectivity index (χ4v) is 0.656. The summed E-state index contributed by atoms with van der Waals surface area (Å²) >= 11 is 0. The molecule has 2 N–H and O–H groups in total. The Labute approximate surface area is 82.1 Å². The molecular formula is C9H13NO4. The van der Waals surface area contributed by atoms with E-state index in [0.29, 0.717) is 19.6 Å². The molecule has 0 aromatic carbocycles. The van der Waals surface area contributed by atoms with Gasteiger partial charge in [-0.15, -0.1) is 0 Å². The zero-order chi connectivity index (χ0) is 10.8. The fraction of sp³-hybridized carbons (Fsp3) is 0.333. The molecule has 0 aliphatic rings. The number of amides is 1. The molecule has 5 nitrogen and oxygen atoms in total. The molecule has 0 heterocycles. The second kappa shape index (κ2) is 7.85. The second-order valence-corrected chi connectivity index (χ2v) is 2.35. The van der Waals surface area contributed by atoms with E-state index in [-0.39, 0.29) is 0 Å². The summed E-state index contributed by atoms with van der Waals surface area (Å²) in [5.41, 5.74) is 0. The minimum absolute atomic E-state index is 0.425. The molecule has 0 atom stereocenters. The summed E-state index contributed by atoms with van der Waals surface area (Å²) in [6.07, 6.45) is 3.73. The Balaban J connectivity index is 3.44. The standard InChI is InChI=1S/C9H13NO4/c1-2-14-7-3-6-10-8(11)4-5-9(12)13/h2,4-5H,1,3,6-7H2,(H,10,11)(H,12,13)/b5-4+. The van der Waals surface area contributed by atoms with Crippen molar-refractivity contribution >= 4 is 11.9 Å². The van der Waals surface area contributed by atoms with Gasteiger partial charge >= 0.3 is 5.97 Å². The molecule has 0 aliphatic heterocycles. The normalized spacial score (nSPS) is 9.71. The summed E-state index contributed by atoms with van der Waals surface area (Å²) in [6, 6.07) is 0. The van der Waals surface area contributed by atoms with Crippen LogP contribution in [0.3, 0.4) is 0 Å². The number of aliphatic carboxylic acids is 1. The van der Waals surface area contributed by atoms with Crippen LogP contribution in [0.5, 0.6) is 0 Å². The number of hydrogen-bond donors (Lipinski definition) is 2. The molecule has 1 amide bonds. The highest BCUT2D eigenvalue weighted by Crippen LogP contribution is 1.81. The highest BCUT2D eigenvalue weighted by molar-refractivity contribution is 5.93. The Morgan fingerprint density at radius 3 is 2.71 bits per heavy atom. The minimum Gasteiger partial charge on any atom is -0.502 e. The third kappa shape index (κ3) is 8.32. The molecule has 0 radical (unpaired) electrons. The van der Waals surface area contributed by atoms with E-state index in [4.69, 9.17) is 9.84 Å². The summed E-state index contributed by atoms with van der Waals surface area (Å²) in [5.74, 6) is -1.57. The molecular weight excluding hydrogens is 186 g/mol. The van der Waals surface area contributed by atoms with E-state index in [1.165, 1.54) is 6.26 Å². The van der Waals surface area contributed by atoms with Gasteiger partial charge in [0.15, 0.2) is 0 Å². The van der Waals surface area contributed by atoms with Crippen molar-refractivity contribution < 1.29 is 19.4 Å². The van der Waals surface area contributed by atoms with Gasteiger partial charge in [0, 0.05) is 18.7 Å². The Hall–Kier alpha value is -1.78. The van der Waals surface area contributed by atoms with E-state index in [1.807, 2.05) is 0 Å². The van der Waals surface area contributed by atoms with E-state index in [2.05, 4.69) is 11.9 Å². The predicted octanol–water partition coefficient (Wildman–Crippen LogP) is 0.294. The maximum absolute atomic E-state index is 10.9. The molecule has 0 unspecified atom stereocenters. The van der Waals surface area contributed by atoms with Crippen molar-refractivity contribution in [3.05, 3.63) is 25.0 Å².